The fraction of sp³-hybridized carbons (Fsp3) is 0.200. The molecule has 0 radical (unpaired) electrons. The number of nitro groups is 1. The SMILES string of the molecule is CC(C#N)C(=O)c1c(F)ccc([N+](=O)[O-])c1F. The Bertz CT molecular complexity index is 537. The van der Waals surface area contributed by atoms with Crippen molar-refractivity contribution in [3.05, 3.63) is 39.4 Å². The van der Waals surface area contributed by atoms with E-state index in [0.717, 1.165) is 6.92 Å². The highest BCUT2D eigenvalue weighted by molar-refractivity contribution is 6.00. The largest absolute Gasteiger partial charge is 0.305 e. The van der Waals surface area contributed by atoms with Gasteiger partial charge in [-0.05, 0) is 13.0 Å². The van der Waals surface area contributed by atoms with Crippen LogP contribution in [0.3, 0.4) is 0 Å². The molecule has 1 rings (SSSR count). The molecule has 7 heteroatoms. The van der Waals surface area contributed by atoms with Gasteiger partial charge in [0.1, 0.15) is 11.7 Å². The van der Waals surface area contributed by atoms with Gasteiger partial charge in [0.15, 0.2) is 5.78 Å². The molecular weight excluding hydrogens is 234 g/mol. The lowest BCUT2D eigenvalue weighted by Gasteiger charge is -2.05. The van der Waals surface area contributed by atoms with Gasteiger partial charge in [0, 0.05) is 6.07 Å². The molecule has 1 aromatic rings. The fourth-order valence-corrected chi connectivity index (χ4v) is 1.18. The molecule has 0 aromatic heterocycles. The number of carbonyl (C=O) groups excluding carboxylic acids is 1. The molecule has 0 fully saturated rings. The summed E-state index contributed by atoms with van der Waals surface area (Å²) in [6.45, 7) is 1.15. The minimum absolute atomic E-state index is 0.623. The van der Waals surface area contributed by atoms with Crippen LogP contribution in [0.2, 0.25) is 0 Å². The first-order valence-corrected chi connectivity index (χ1v) is 4.46. The summed E-state index contributed by atoms with van der Waals surface area (Å²) >= 11 is 0. The Morgan fingerprint density at radius 2 is 2.12 bits per heavy atom. The van der Waals surface area contributed by atoms with Crippen molar-refractivity contribution in [2.45, 2.75) is 6.92 Å². The molecule has 0 aliphatic heterocycles. The first kappa shape index (κ1) is 12.7. The molecule has 17 heavy (non-hydrogen) atoms. The number of hydrogen-bond donors (Lipinski definition) is 0. The molecule has 0 saturated carbocycles. The molecule has 1 atom stereocenters. The van der Waals surface area contributed by atoms with E-state index in [4.69, 9.17) is 5.26 Å². The van der Waals surface area contributed by atoms with Crippen molar-refractivity contribution in [3.8, 4) is 6.07 Å². The van der Waals surface area contributed by atoms with Crippen LogP contribution in [0, 0.1) is 39.0 Å². The van der Waals surface area contributed by atoms with Crippen LogP contribution in [0.15, 0.2) is 12.1 Å². The number of rotatable bonds is 3. The van der Waals surface area contributed by atoms with Gasteiger partial charge in [0.2, 0.25) is 5.82 Å². The summed E-state index contributed by atoms with van der Waals surface area (Å²) in [7, 11) is 0. The van der Waals surface area contributed by atoms with E-state index in [1.165, 1.54) is 6.07 Å². The Hall–Kier alpha value is -2.36. The number of nitrogens with zero attached hydrogens (tertiary/aromatic N) is 2. The highest BCUT2D eigenvalue weighted by atomic mass is 19.1. The maximum atomic E-state index is 13.5. The van der Waals surface area contributed by atoms with E-state index >= 15 is 0 Å². The topological polar surface area (TPSA) is 84.0 Å². The van der Waals surface area contributed by atoms with Crippen LogP contribution in [0.25, 0.3) is 0 Å². The molecule has 1 unspecified atom stereocenters. The summed E-state index contributed by atoms with van der Waals surface area (Å²) in [6.07, 6.45) is 0. The lowest BCUT2D eigenvalue weighted by atomic mass is 9.99. The number of nitro benzene ring substituents is 1. The van der Waals surface area contributed by atoms with E-state index in [9.17, 15) is 23.7 Å². The van der Waals surface area contributed by atoms with Gasteiger partial charge in [-0.2, -0.15) is 9.65 Å². The number of hydrogen-bond acceptors (Lipinski definition) is 4. The Morgan fingerprint density at radius 1 is 1.53 bits per heavy atom. The van der Waals surface area contributed by atoms with E-state index in [0.29, 0.717) is 12.1 Å². The molecule has 0 aliphatic rings. The Balaban J connectivity index is 3.43. The third kappa shape index (κ3) is 2.25. The number of benzene rings is 1. The molecule has 0 bridgehead atoms. The van der Waals surface area contributed by atoms with Crippen molar-refractivity contribution in [2.24, 2.45) is 5.92 Å². The van der Waals surface area contributed by atoms with Crippen molar-refractivity contribution in [2.75, 3.05) is 0 Å². The van der Waals surface area contributed by atoms with Crippen LogP contribution in [0.4, 0.5) is 14.5 Å². The maximum Gasteiger partial charge on any atom is 0.305 e. The smallest absolute Gasteiger partial charge is 0.292 e. The van der Waals surface area contributed by atoms with Gasteiger partial charge in [0.05, 0.1) is 16.6 Å². The average Bonchev–Trinajstić information content (AvgIpc) is 2.27. The van der Waals surface area contributed by atoms with Gasteiger partial charge in [-0.25, -0.2) is 4.39 Å². The van der Waals surface area contributed by atoms with E-state index < -0.39 is 39.5 Å². The van der Waals surface area contributed by atoms with Crippen molar-refractivity contribution in [1.29, 1.82) is 5.26 Å². The van der Waals surface area contributed by atoms with Crippen LogP contribution < -0.4 is 0 Å². The standard InChI is InChI=1S/C10H6F2N2O3/c1-5(4-13)10(15)8-6(11)2-3-7(9(8)12)14(16)17/h2-3,5H,1H3. The maximum absolute atomic E-state index is 13.5. The summed E-state index contributed by atoms with van der Waals surface area (Å²) in [5.74, 6) is -5.17. The Kier molecular flexibility index (Phi) is 3.48. The fourth-order valence-electron chi connectivity index (χ4n) is 1.18. The Labute approximate surface area is 94.4 Å². The summed E-state index contributed by atoms with van der Waals surface area (Å²) in [4.78, 5) is 20.8. The molecule has 88 valence electrons. The summed E-state index contributed by atoms with van der Waals surface area (Å²) in [5, 5.41) is 18.9. The molecule has 5 nitrogen and oxygen atoms in total. The van der Waals surface area contributed by atoms with Gasteiger partial charge in [-0.3, -0.25) is 14.9 Å². The molecule has 1 aromatic carbocycles. The van der Waals surface area contributed by atoms with E-state index in [1.807, 2.05) is 0 Å². The lowest BCUT2D eigenvalue weighted by Crippen LogP contribution is -2.14. The van der Waals surface area contributed by atoms with Gasteiger partial charge < -0.3 is 0 Å². The predicted octanol–water partition coefficient (Wildman–Crippen LogP) is 2.22. The minimum Gasteiger partial charge on any atom is -0.292 e. The van der Waals surface area contributed by atoms with Crippen LogP contribution in [-0.2, 0) is 0 Å². The second-order valence-corrected chi connectivity index (χ2v) is 3.23. The van der Waals surface area contributed by atoms with Gasteiger partial charge in [0.25, 0.3) is 0 Å². The second-order valence-electron chi connectivity index (χ2n) is 3.23. The number of ketones is 1. The van der Waals surface area contributed by atoms with Crippen molar-refractivity contribution in [1.82, 2.24) is 0 Å². The minimum atomic E-state index is -1.55. The monoisotopic (exact) mass is 240 g/mol. The van der Waals surface area contributed by atoms with Gasteiger partial charge >= 0.3 is 5.69 Å². The summed E-state index contributed by atoms with van der Waals surface area (Å²) < 4.78 is 26.8. The number of Topliss-reactive ketones (excluding diaryl/α,β-unsaturated/α-hetero) is 1. The summed E-state index contributed by atoms with van der Waals surface area (Å²) in [5.41, 5.74) is -2.05. The van der Waals surface area contributed by atoms with Crippen LogP contribution >= 0.6 is 0 Å². The zero-order chi connectivity index (χ0) is 13.2. The first-order chi connectivity index (χ1) is 7.90. The van der Waals surface area contributed by atoms with Crippen molar-refractivity contribution >= 4 is 11.5 Å². The first-order valence-electron chi connectivity index (χ1n) is 4.46. The zero-order valence-corrected chi connectivity index (χ0v) is 8.61. The number of carbonyl (C=O) groups is 1. The highest BCUT2D eigenvalue weighted by Crippen LogP contribution is 2.25. The van der Waals surface area contributed by atoms with Crippen LogP contribution in [0.5, 0.6) is 0 Å². The van der Waals surface area contributed by atoms with Crippen molar-refractivity contribution in [3.63, 3.8) is 0 Å². The third-order valence-electron chi connectivity index (χ3n) is 2.10. The van der Waals surface area contributed by atoms with Gasteiger partial charge in [-0.1, -0.05) is 0 Å². The van der Waals surface area contributed by atoms with Crippen molar-refractivity contribution < 1.29 is 18.5 Å². The second kappa shape index (κ2) is 4.65. The average molecular weight is 240 g/mol. The highest BCUT2D eigenvalue weighted by Gasteiger charge is 2.28. The van der Waals surface area contributed by atoms with Gasteiger partial charge in [-0.15, -0.1) is 0 Å². The molecule has 0 amide bonds. The predicted molar refractivity (Wildman–Crippen MR) is 52.1 cm³/mol. The molecule has 0 heterocycles. The molecule has 0 N–H and O–H groups in total. The lowest BCUT2D eigenvalue weighted by molar-refractivity contribution is -0.387. The zero-order valence-electron chi connectivity index (χ0n) is 8.61. The molecule has 0 saturated heterocycles. The Morgan fingerprint density at radius 3 is 2.59 bits per heavy atom. The molecular formula is C10H6F2N2O3. The number of nitriles is 1. The van der Waals surface area contributed by atoms with E-state index in [-0.39, 0.29) is 0 Å². The van der Waals surface area contributed by atoms with Crippen LogP contribution in [0.1, 0.15) is 17.3 Å². The normalized spacial score (nSPS) is 11.6. The molecule has 0 spiro atoms. The third-order valence-corrected chi connectivity index (χ3v) is 2.10. The quantitative estimate of drug-likeness (QED) is 0.460. The van der Waals surface area contributed by atoms with Crippen LogP contribution in [-0.4, -0.2) is 10.7 Å². The van der Waals surface area contributed by atoms with E-state index in [1.54, 1.807) is 0 Å². The molecule has 0 aliphatic carbocycles. The summed E-state index contributed by atoms with van der Waals surface area (Å²) in [6, 6.07) is 2.76. The number of halogens is 2. The van der Waals surface area contributed by atoms with E-state index in [2.05, 4.69) is 0 Å².